The molecule has 4 heteroatoms. The summed E-state index contributed by atoms with van der Waals surface area (Å²) < 4.78 is 11.5. The maximum atomic E-state index is 12.3. The highest BCUT2D eigenvalue weighted by Crippen LogP contribution is 2.77. The molecule has 0 amide bonds. The van der Waals surface area contributed by atoms with E-state index in [9.17, 15) is 4.79 Å². The fourth-order valence-electron chi connectivity index (χ4n) is 4.34. The Morgan fingerprint density at radius 2 is 1.88 bits per heavy atom. The molecule has 1 unspecified atom stereocenters. The van der Waals surface area contributed by atoms with Gasteiger partial charge in [-0.1, -0.05) is 27.7 Å². The normalized spacial score (nSPS) is 38.4. The van der Waals surface area contributed by atoms with Crippen LogP contribution in [0.1, 0.15) is 41.0 Å². The first-order valence-electron chi connectivity index (χ1n) is 6.60. The van der Waals surface area contributed by atoms with Gasteiger partial charge in [0, 0.05) is 12.0 Å². The minimum atomic E-state index is -2.09. The molecule has 1 saturated heterocycles. The Balaban J connectivity index is 2.48. The molecule has 2 fully saturated rings. The molecule has 98 valence electrons. The maximum absolute atomic E-state index is 12.3. The third-order valence-corrected chi connectivity index (χ3v) is 11.3. The van der Waals surface area contributed by atoms with E-state index in [1.165, 1.54) is 7.11 Å². The Hall–Kier alpha value is -0.353. The van der Waals surface area contributed by atoms with Crippen molar-refractivity contribution in [3.05, 3.63) is 0 Å². The molecule has 0 bridgehead atoms. The zero-order valence-corrected chi connectivity index (χ0v) is 12.7. The molecule has 1 aliphatic carbocycles. The molecule has 1 saturated carbocycles. The fraction of sp³-hybridized carbons (Fsp3) is 0.923. The SMILES string of the molecule is COC(=O)[C@]12C[C@H]1C(C)O[Si]2(C(C)C)C(C)C. The van der Waals surface area contributed by atoms with Crippen LogP contribution in [0, 0.1) is 5.92 Å². The number of rotatable bonds is 3. The van der Waals surface area contributed by atoms with Gasteiger partial charge in [-0.2, -0.15) is 0 Å². The second kappa shape index (κ2) is 3.82. The van der Waals surface area contributed by atoms with Crippen molar-refractivity contribution in [1.82, 2.24) is 0 Å². The van der Waals surface area contributed by atoms with E-state index in [0.717, 1.165) is 6.42 Å². The molecule has 3 atom stereocenters. The lowest BCUT2D eigenvalue weighted by Gasteiger charge is -2.41. The minimum absolute atomic E-state index is 0.0130. The Morgan fingerprint density at radius 1 is 1.35 bits per heavy atom. The summed E-state index contributed by atoms with van der Waals surface area (Å²) in [6.07, 6.45) is 1.22. The molecule has 2 rings (SSSR count). The third kappa shape index (κ3) is 1.34. The Bertz CT molecular complexity index is 332. The molecular formula is C13H24O3Si. The monoisotopic (exact) mass is 256 g/mol. The van der Waals surface area contributed by atoms with E-state index >= 15 is 0 Å². The van der Waals surface area contributed by atoms with Crippen LogP contribution < -0.4 is 0 Å². The Kier molecular flexibility index (Phi) is 2.94. The lowest BCUT2D eigenvalue weighted by Crippen LogP contribution is -2.51. The molecular weight excluding hydrogens is 232 g/mol. The largest absolute Gasteiger partial charge is 0.469 e. The van der Waals surface area contributed by atoms with Gasteiger partial charge in [0.2, 0.25) is 8.32 Å². The molecule has 0 radical (unpaired) electrons. The Labute approximate surface area is 105 Å². The van der Waals surface area contributed by atoms with Crippen LogP contribution in [0.5, 0.6) is 0 Å². The van der Waals surface area contributed by atoms with E-state index < -0.39 is 8.32 Å². The number of carbonyl (C=O) groups excluding carboxylic acids is 1. The maximum Gasteiger partial charge on any atom is 0.311 e. The predicted octanol–water partition coefficient (Wildman–Crippen LogP) is 3.10. The minimum Gasteiger partial charge on any atom is -0.469 e. The molecule has 3 nitrogen and oxygen atoms in total. The highest BCUT2D eigenvalue weighted by molar-refractivity contribution is 6.84. The van der Waals surface area contributed by atoms with Crippen molar-refractivity contribution < 1.29 is 14.0 Å². The molecule has 0 spiro atoms. The van der Waals surface area contributed by atoms with Crippen molar-refractivity contribution in [3.63, 3.8) is 0 Å². The molecule has 1 aliphatic heterocycles. The van der Waals surface area contributed by atoms with Crippen molar-refractivity contribution in [2.75, 3.05) is 7.11 Å². The van der Waals surface area contributed by atoms with Crippen LogP contribution in [-0.2, 0) is 14.0 Å². The van der Waals surface area contributed by atoms with Crippen molar-refractivity contribution >= 4 is 14.3 Å². The predicted molar refractivity (Wildman–Crippen MR) is 69.3 cm³/mol. The van der Waals surface area contributed by atoms with E-state index in [2.05, 4.69) is 34.6 Å². The van der Waals surface area contributed by atoms with Gasteiger partial charge in [-0.3, -0.25) is 4.79 Å². The molecule has 2 aliphatic rings. The van der Waals surface area contributed by atoms with E-state index in [1.54, 1.807) is 0 Å². The zero-order chi connectivity index (χ0) is 13.0. The number of ether oxygens (including phenoxy) is 1. The van der Waals surface area contributed by atoms with E-state index in [-0.39, 0.29) is 17.1 Å². The number of hydrogen-bond acceptors (Lipinski definition) is 3. The standard InChI is InChI=1S/C13H24O3Si/c1-8(2)17(9(3)4)13(12(14)15-6)7-11(13)10(5)16-17/h8-11H,7H2,1-6H3/t10?,11-,13-/m0/s1. The average Bonchev–Trinajstić information content (AvgIpc) is 2.95. The van der Waals surface area contributed by atoms with Gasteiger partial charge in [-0.15, -0.1) is 0 Å². The van der Waals surface area contributed by atoms with Crippen molar-refractivity contribution in [2.24, 2.45) is 5.92 Å². The summed E-state index contributed by atoms with van der Waals surface area (Å²) >= 11 is 0. The van der Waals surface area contributed by atoms with Crippen LogP contribution in [0.4, 0.5) is 0 Å². The highest BCUT2D eigenvalue weighted by Gasteiger charge is 2.82. The van der Waals surface area contributed by atoms with Crippen LogP contribution in [0.25, 0.3) is 0 Å². The number of methoxy groups -OCH3 is 1. The van der Waals surface area contributed by atoms with Crippen LogP contribution in [0.15, 0.2) is 0 Å². The molecule has 1 heterocycles. The van der Waals surface area contributed by atoms with Crippen molar-refractivity contribution in [1.29, 1.82) is 0 Å². The topological polar surface area (TPSA) is 35.5 Å². The third-order valence-electron chi connectivity index (χ3n) is 4.92. The molecule has 17 heavy (non-hydrogen) atoms. The van der Waals surface area contributed by atoms with Crippen LogP contribution in [0.3, 0.4) is 0 Å². The lowest BCUT2D eigenvalue weighted by atomic mass is 10.2. The first-order valence-corrected chi connectivity index (χ1v) is 8.67. The first-order chi connectivity index (χ1) is 7.84. The summed E-state index contributed by atoms with van der Waals surface area (Å²) in [5.41, 5.74) is 0.910. The van der Waals surface area contributed by atoms with Gasteiger partial charge in [0.05, 0.1) is 12.1 Å². The van der Waals surface area contributed by atoms with Gasteiger partial charge in [0.15, 0.2) is 0 Å². The van der Waals surface area contributed by atoms with Gasteiger partial charge in [-0.25, -0.2) is 0 Å². The fourth-order valence-corrected chi connectivity index (χ4v) is 11.0. The van der Waals surface area contributed by atoms with E-state index in [4.69, 9.17) is 9.16 Å². The highest BCUT2D eigenvalue weighted by atomic mass is 28.4. The molecule has 0 aromatic carbocycles. The average molecular weight is 256 g/mol. The summed E-state index contributed by atoms with van der Waals surface area (Å²) in [5, 5.41) is -0.247. The van der Waals surface area contributed by atoms with Crippen LogP contribution >= 0.6 is 0 Å². The van der Waals surface area contributed by atoms with Gasteiger partial charge >= 0.3 is 5.97 Å². The summed E-state index contributed by atoms with van der Waals surface area (Å²) in [5.74, 6) is 0.396. The van der Waals surface area contributed by atoms with Crippen LogP contribution in [-0.4, -0.2) is 27.5 Å². The number of esters is 1. The molecule has 0 aromatic heterocycles. The number of hydrogen-bond donors (Lipinski definition) is 0. The van der Waals surface area contributed by atoms with Gasteiger partial charge in [0.1, 0.15) is 0 Å². The quantitative estimate of drug-likeness (QED) is 0.575. The zero-order valence-electron chi connectivity index (χ0n) is 11.7. The summed E-state index contributed by atoms with van der Waals surface area (Å²) in [4.78, 5) is 12.3. The summed E-state index contributed by atoms with van der Waals surface area (Å²) in [7, 11) is -0.579. The van der Waals surface area contributed by atoms with Crippen molar-refractivity contribution in [2.45, 2.75) is 63.3 Å². The van der Waals surface area contributed by atoms with E-state index in [0.29, 0.717) is 17.0 Å². The molecule has 0 N–H and O–H groups in total. The van der Waals surface area contributed by atoms with E-state index in [1.807, 2.05) is 0 Å². The van der Waals surface area contributed by atoms with Crippen molar-refractivity contribution in [3.8, 4) is 0 Å². The smallest absolute Gasteiger partial charge is 0.311 e. The summed E-state index contributed by atoms with van der Waals surface area (Å²) in [6, 6.07) is 0. The van der Waals surface area contributed by atoms with Crippen LogP contribution in [0.2, 0.25) is 16.1 Å². The second-order valence-electron chi connectivity index (χ2n) is 6.20. The van der Waals surface area contributed by atoms with Gasteiger partial charge in [0.25, 0.3) is 0 Å². The number of carbonyl (C=O) groups is 1. The molecule has 0 aromatic rings. The first kappa shape index (κ1) is 13.1. The second-order valence-corrected chi connectivity index (χ2v) is 11.2. The lowest BCUT2D eigenvalue weighted by molar-refractivity contribution is -0.142. The van der Waals surface area contributed by atoms with Gasteiger partial charge in [-0.05, 0) is 24.4 Å². The van der Waals surface area contributed by atoms with Gasteiger partial charge < -0.3 is 9.16 Å². The Morgan fingerprint density at radius 3 is 2.24 bits per heavy atom. The number of fused-ring (bicyclic) bond motifs is 1. The summed E-state index contributed by atoms with van der Waals surface area (Å²) in [6.45, 7) is 11.0.